The standard InChI is InChI=1S/C15H14ClN3O4.C15H14N6O4.C13H13N3O3.C2H2Cl2O/c16-6-13(21)17-10-3-1-2-8-9(10)7-19(15(8)23)11-4-5-12(20)18-14(11)22;16-20-17-6-13(23)18-10-3-1-2-8-9(10)7-21(15(8)25)11-4-5-12(22)19-14(11)24;14-9-3-1-2-7-8(9)6-16(13(7)19)10-4-5-11(17)15-12(10)18;3-1-2(4)5/h1-3,11H,4-7H2,(H,17,21)(H,18,20,22);1-3,11H,4-7H2,(H,18,23)(H,19,22,24);1-3,10H,4-6,14H2,(H,15,17,18);1H2. The molecule has 3 aromatic rings. The van der Waals surface area contributed by atoms with Crippen LogP contribution < -0.4 is 32.3 Å². The lowest BCUT2D eigenvalue weighted by molar-refractivity contribution is -0.138. The summed E-state index contributed by atoms with van der Waals surface area (Å²) in [6.45, 7) is 0.329. The number of fused-ring (bicyclic) bond motifs is 3. The molecule has 0 saturated carbocycles. The van der Waals surface area contributed by atoms with Gasteiger partial charge < -0.3 is 31.1 Å². The van der Waals surface area contributed by atoms with Gasteiger partial charge in [-0.05, 0) is 72.8 Å². The molecular weight excluding hydrogens is 1010 g/mol. The van der Waals surface area contributed by atoms with Gasteiger partial charge in [0.2, 0.25) is 52.5 Å². The first-order valence-electron chi connectivity index (χ1n) is 21.8. The predicted molar refractivity (Wildman–Crippen MR) is 255 cm³/mol. The highest BCUT2D eigenvalue weighted by Crippen LogP contribution is 2.34. The van der Waals surface area contributed by atoms with Gasteiger partial charge >= 0.3 is 0 Å². The fraction of sp³-hybridized carbons (Fsp3) is 0.333. The van der Waals surface area contributed by atoms with Gasteiger partial charge in [-0.25, -0.2) is 0 Å². The number of anilines is 3. The molecule has 3 unspecified atom stereocenters. The Morgan fingerprint density at radius 3 is 1.31 bits per heavy atom. The lowest BCUT2D eigenvalue weighted by Crippen LogP contribution is -2.52. The van der Waals surface area contributed by atoms with Crippen LogP contribution in [-0.2, 0) is 62.8 Å². The summed E-state index contributed by atoms with van der Waals surface area (Å²) < 4.78 is 0. The number of halogens is 3. The van der Waals surface area contributed by atoms with Gasteiger partial charge in [0, 0.05) is 94.3 Å². The lowest BCUT2D eigenvalue weighted by Gasteiger charge is -2.29. The van der Waals surface area contributed by atoms with E-state index in [0.717, 1.165) is 5.56 Å². The van der Waals surface area contributed by atoms with E-state index in [1.165, 1.54) is 14.7 Å². The van der Waals surface area contributed by atoms with Crippen molar-refractivity contribution in [1.82, 2.24) is 30.7 Å². The molecule has 9 rings (SSSR count). The van der Waals surface area contributed by atoms with E-state index < -0.39 is 47.0 Å². The van der Waals surface area contributed by atoms with Gasteiger partial charge in [0.15, 0.2) is 0 Å². The first-order chi connectivity index (χ1) is 34.4. The third kappa shape index (κ3) is 12.3. The van der Waals surface area contributed by atoms with Crippen LogP contribution in [0.15, 0.2) is 59.7 Å². The summed E-state index contributed by atoms with van der Waals surface area (Å²) in [4.78, 5) is 146. The highest BCUT2D eigenvalue weighted by molar-refractivity contribution is 6.67. The van der Waals surface area contributed by atoms with Crippen molar-refractivity contribution in [2.45, 2.75) is 76.3 Å². The Bertz CT molecular complexity index is 2860. The Morgan fingerprint density at radius 1 is 0.597 bits per heavy atom. The zero-order valence-corrected chi connectivity index (χ0v) is 40.0. The Balaban J connectivity index is 0.000000169. The van der Waals surface area contributed by atoms with E-state index >= 15 is 0 Å². The van der Waals surface area contributed by atoms with Crippen molar-refractivity contribution in [2.24, 2.45) is 5.11 Å². The van der Waals surface area contributed by atoms with Crippen LogP contribution in [0.5, 0.6) is 0 Å². The van der Waals surface area contributed by atoms with Gasteiger partial charge in [0.1, 0.15) is 30.6 Å². The summed E-state index contributed by atoms with van der Waals surface area (Å²) in [6, 6.07) is 13.1. The van der Waals surface area contributed by atoms with E-state index in [1.54, 1.807) is 54.6 Å². The predicted octanol–water partition coefficient (Wildman–Crippen LogP) is 2.34. The monoisotopic (exact) mass is 1050 g/mol. The van der Waals surface area contributed by atoms with Crippen LogP contribution in [0, 0.1) is 0 Å². The van der Waals surface area contributed by atoms with Crippen LogP contribution in [0.1, 0.15) is 86.3 Å². The number of nitrogens with zero attached hydrogens (tertiary/aromatic N) is 6. The minimum Gasteiger partial charge on any atom is -0.398 e. The molecule has 0 aliphatic carbocycles. The number of amides is 11. The molecule has 6 heterocycles. The van der Waals surface area contributed by atoms with E-state index in [9.17, 15) is 57.5 Å². The smallest absolute Gasteiger partial charge is 0.255 e. The Labute approximate surface area is 423 Å². The van der Waals surface area contributed by atoms with Crippen LogP contribution in [0.3, 0.4) is 0 Å². The number of nitrogen functional groups attached to an aromatic ring is 1. The highest BCUT2D eigenvalue weighted by atomic mass is 35.5. The fourth-order valence-electron chi connectivity index (χ4n) is 8.48. The maximum absolute atomic E-state index is 12.6. The van der Waals surface area contributed by atoms with Crippen molar-refractivity contribution >= 4 is 122 Å². The first kappa shape index (κ1) is 53.4. The van der Waals surface area contributed by atoms with Crippen molar-refractivity contribution in [1.29, 1.82) is 0 Å². The number of hydrogen-bond donors (Lipinski definition) is 6. The molecule has 376 valence electrons. The highest BCUT2D eigenvalue weighted by Gasteiger charge is 2.42. The molecule has 6 aliphatic rings. The van der Waals surface area contributed by atoms with E-state index in [-0.39, 0.29) is 98.4 Å². The van der Waals surface area contributed by atoms with E-state index in [0.29, 0.717) is 64.3 Å². The summed E-state index contributed by atoms with van der Waals surface area (Å²) in [5.74, 6) is -4.28. The summed E-state index contributed by atoms with van der Waals surface area (Å²) >= 11 is 15.0. The number of carbonyl (C=O) groups is 12. The van der Waals surface area contributed by atoms with Crippen LogP contribution >= 0.6 is 34.8 Å². The molecule has 27 heteroatoms. The molecule has 3 aromatic carbocycles. The van der Waals surface area contributed by atoms with Gasteiger partial charge in [0.25, 0.3) is 17.7 Å². The number of nitrogens with two attached hydrogens (primary N) is 1. The SMILES string of the molecule is Nc1cccc2c1CN(C1CCC(=O)NC1=O)C2=O.O=C(Cl)CCl.O=C1CCC(N2Cc3c(NC(=O)CCl)cccc3C2=O)C(=O)N1.[N-]=[N+]=NCC(=O)Nc1cccc2c1CN(C1CCC(=O)NC1=O)C2=O. The Hall–Kier alpha value is -7.92. The largest absolute Gasteiger partial charge is 0.398 e. The van der Waals surface area contributed by atoms with Crippen LogP contribution in [0.4, 0.5) is 17.1 Å². The van der Waals surface area contributed by atoms with Crippen molar-refractivity contribution in [3.05, 3.63) is 98.4 Å². The topological polar surface area (TPSA) is 349 Å². The van der Waals surface area contributed by atoms with E-state index in [1.807, 2.05) is 0 Å². The summed E-state index contributed by atoms with van der Waals surface area (Å²) in [5, 5.41) is 14.7. The van der Waals surface area contributed by atoms with Crippen molar-refractivity contribution < 1.29 is 57.5 Å². The lowest BCUT2D eigenvalue weighted by atomic mass is 10.0. The maximum Gasteiger partial charge on any atom is 0.255 e. The van der Waals surface area contributed by atoms with Crippen LogP contribution in [0.2, 0.25) is 0 Å². The molecule has 3 atom stereocenters. The normalized spacial score (nSPS) is 19.6. The second-order valence-corrected chi connectivity index (χ2v) is 17.3. The van der Waals surface area contributed by atoms with Gasteiger partial charge in [-0.15, -0.1) is 23.2 Å². The minimum absolute atomic E-state index is 0.0957. The Kier molecular flexibility index (Phi) is 17.7. The van der Waals surface area contributed by atoms with Gasteiger partial charge in [-0.1, -0.05) is 23.3 Å². The third-order valence-electron chi connectivity index (χ3n) is 11.8. The molecule has 0 spiro atoms. The fourth-order valence-corrected chi connectivity index (χ4v) is 8.55. The number of hydrogen-bond acceptors (Lipinski definition) is 14. The third-order valence-corrected chi connectivity index (χ3v) is 12.6. The van der Waals surface area contributed by atoms with Gasteiger partial charge in [-0.3, -0.25) is 73.5 Å². The molecule has 6 aliphatic heterocycles. The van der Waals surface area contributed by atoms with Crippen molar-refractivity contribution in [2.75, 3.05) is 34.7 Å². The van der Waals surface area contributed by atoms with E-state index in [2.05, 4.69) is 36.6 Å². The number of piperidine rings is 3. The second kappa shape index (κ2) is 23.8. The average Bonchev–Trinajstić information content (AvgIpc) is 3.99. The average molecular weight is 1050 g/mol. The second-order valence-electron chi connectivity index (χ2n) is 16.3. The molecule has 0 bridgehead atoms. The minimum atomic E-state index is -0.718. The molecule has 72 heavy (non-hydrogen) atoms. The molecule has 0 radical (unpaired) electrons. The van der Waals surface area contributed by atoms with Crippen LogP contribution in [0.25, 0.3) is 10.4 Å². The maximum atomic E-state index is 12.6. The summed E-state index contributed by atoms with van der Waals surface area (Å²) in [5.41, 5.74) is 19.0. The molecule has 11 amide bonds. The number of carbonyl (C=O) groups excluding carboxylic acids is 12. The molecule has 0 aromatic heterocycles. The van der Waals surface area contributed by atoms with Gasteiger partial charge in [-0.2, -0.15) is 0 Å². The molecule has 3 fully saturated rings. The number of benzene rings is 3. The van der Waals surface area contributed by atoms with Gasteiger partial charge in [0.05, 0.1) is 5.88 Å². The molecule has 7 N–H and O–H groups in total. The quantitative estimate of drug-likeness (QED) is 0.0341. The van der Waals surface area contributed by atoms with Crippen LogP contribution in [-0.4, -0.2) is 121 Å². The molecule has 24 nitrogen and oxygen atoms in total. The van der Waals surface area contributed by atoms with Crippen molar-refractivity contribution in [3.8, 4) is 0 Å². The first-order valence-corrected chi connectivity index (χ1v) is 23.3. The number of imide groups is 3. The Morgan fingerprint density at radius 2 is 0.958 bits per heavy atom. The number of azide groups is 1. The zero-order chi connectivity index (χ0) is 52.4. The van der Waals surface area contributed by atoms with E-state index in [4.69, 9.17) is 46.1 Å². The number of rotatable bonds is 9. The summed E-state index contributed by atoms with van der Waals surface area (Å²) in [7, 11) is 0. The summed E-state index contributed by atoms with van der Waals surface area (Å²) in [6.07, 6.45) is 1.56. The molecule has 3 saturated heterocycles. The number of nitrogens with one attached hydrogen (secondary N) is 5. The van der Waals surface area contributed by atoms with Crippen molar-refractivity contribution in [3.63, 3.8) is 0 Å². The number of alkyl halides is 2. The molecular formula is C45H43Cl3N12O12. The zero-order valence-electron chi connectivity index (χ0n) is 37.7.